The Morgan fingerprint density at radius 3 is 2.14 bits per heavy atom. The third-order valence-electron chi connectivity index (χ3n) is 3.44. The second-order valence-electron chi connectivity index (χ2n) is 5.00. The number of rotatable bonds is 2. The van der Waals surface area contributed by atoms with Gasteiger partial charge in [-0.1, -0.05) is 40.2 Å². The molecule has 0 saturated heterocycles. The third-order valence-corrected chi connectivity index (χ3v) is 4.56. The van der Waals surface area contributed by atoms with Crippen LogP contribution in [-0.4, -0.2) is 35.6 Å². The van der Waals surface area contributed by atoms with Gasteiger partial charge < -0.3 is 4.90 Å². The van der Waals surface area contributed by atoms with Gasteiger partial charge in [-0.3, -0.25) is 9.59 Å². The highest BCUT2D eigenvalue weighted by atomic mass is 79.9. The molecule has 5 nitrogen and oxygen atoms in total. The Hall–Kier alpha value is -2.08. The van der Waals surface area contributed by atoms with Crippen molar-refractivity contribution in [2.75, 3.05) is 19.0 Å². The molecule has 0 aliphatic heterocycles. The van der Waals surface area contributed by atoms with Crippen LogP contribution in [0.2, 0.25) is 0 Å². The number of anilines is 1. The van der Waals surface area contributed by atoms with Crippen LogP contribution < -0.4 is 4.90 Å². The van der Waals surface area contributed by atoms with Gasteiger partial charge in [0, 0.05) is 31.4 Å². The van der Waals surface area contributed by atoms with Crippen LogP contribution in [0.4, 0.5) is 5.95 Å². The SMILES string of the molecule is CN(C)c1nccc(C2(Br)C(=O)c3ccccc3C2=O)n1. The van der Waals surface area contributed by atoms with Gasteiger partial charge in [-0.15, -0.1) is 0 Å². The largest absolute Gasteiger partial charge is 0.347 e. The summed E-state index contributed by atoms with van der Waals surface area (Å²) in [6.45, 7) is 0. The molecule has 0 saturated carbocycles. The van der Waals surface area contributed by atoms with E-state index in [9.17, 15) is 9.59 Å². The molecule has 0 bridgehead atoms. The Morgan fingerprint density at radius 2 is 1.62 bits per heavy atom. The molecular formula is C15H12BrN3O2. The van der Waals surface area contributed by atoms with E-state index in [1.165, 1.54) is 0 Å². The number of benzene rings is 1. The molecule has 21 heavy (non-hydrogen) atoms. The fraction of sp³-hybridized carbons (Fsp3) is 0.200. The van der Waals surface area contributed by atoms with Gasteiger partial charge in [0.1, 0.15) is 0 Å². The van der Waals surface area contributed by atoms with Gasteiger partial charge in [0.2, 0.25) is 5.95 Å². The molecule has 1 aliphatic carbocycles. The van der Waals surface area contributed by atoms with Crippen molar-refractivity contribution >= 4 is 33.4 Å². The Bertz CT molecular complexity index is 723. The molecule has 1 heterocycles. The summed E-state index contributed by atoms with van der Waals surface area (Å²) in [6.07, 6.45) is 1.55. The molecule has 0 radical (unpaired) electrons. The molecule has 106 valence electrons. The second kappa shape index (κ2) is 4.73. The van der Waals surface area contributed by atoms with E-state index >= 15 is 0 Å². The summed E-state index contributed by atoms with van der Waals surface area (Å²) in [7, 11) is 3.60. The predicted molar refractivity (Wildman–Crippen MR) is 82.1 cm³/mol. The standard InChI is InChI=1S/C15H12BrN3O2/c1-19(2)14-17-8-7-11(18-14)15(16)12(20)9-5-3-4-6-10(9)13(15)21/h3-8H,1-2H3. The van der Waals surface area contributed by atoms with Crippen LogP contribution in [-0.2, 0) is 4.32 Å². The van der Waals surface area contributed by atoms with E-state index in [2.05, 4.69) is 25.9 Å². The molecule has 1 aromatic heterocycles. The summed E-state index contributed by atoms with van der Waals surface area (Å²) < 4.78 is -1.45. The van der Waals surface area contributed by atoms with Crippen LogP contribution in [0, 0.1) is 0 Å². The van der Waals surface area contributed by atoms with Crippen molar-refractivity contribution < 1.29 is 9.59 Å². The van der Waals surface area contributed by atoms with Gasteiger partial charge >= 0.3 is 0 Å². The molecule has 0 fully saturated rings. The van der Waals surface area contributed by atoms with Crippen LogP contribution in [0.15, 0.2) is 36.5 Å². The average Bonchev–Trinajstić information content (AvgIpc) is 2.71. The number of aromatic nitrogens is 2. The Morgan fingerprint density at radius 1 is 1.05 bits per heavy atom. The van der Waals surface area contributed by atoms with Gasteiger partial charge in [-0.05, 0) is 6.07 Å². The van der Waals surface area contributed by atoms with Gasteiger partial charge in [0.05, 0.1) is 5.69 Å². The van der Waals surface area contributed by atoms with E-state index in [1.807, 2.05) is 0 Å². The summed E-state index contributed by atoms with van der Waals surface area (Å²) in [5.41, 5.74) is 1.20. The lowest BCUT2D eigenvalue weighted by atomic mass is 9.99. The number of halogens is 1. The summed E-state index contributed by atoms with van der Waals surface area (Å²) in [6, 6.07) is 8.39. The lowest BCUT2D eigenvalue weighted by Crippen LogP contribution is -2.33. The first-order chi connectivity index (χ1) is 9.96. The van der Waals surface area contributed by atoms with E-state index in [4.69, 9.17) is 0 Å². The lowest BCUT2D eigenvalue weighted by Gasteiger charge is -2.19. The maximum Gasteiger partial charge on any atom is 0.225 e. The number of fused-ring (bicyclic) bond motifs is 1. The molecule has 0 unspecified atom stereocenters. The van der Waals surface area contributed by atoms with Crippen molar-refractivity contribution in [2.45, 2.75) is 4.32 Å². The Kier molecular flexibility index (Phi) is 3.13. The maximum absolute atomic E-state index is 12.7. The van der Waals surface area contributed by atoms with Crippen molar-refractivity contribution in [3.8, 4) is 0 Å². The number of alkyl halides is 1. The Labute approximate surface area is 130 Å². The van der Waals surface area contributed by atoms with Crippen molar-refractivity contribution in [3.63, 3.8) is 0 Å². The smallest absolute Gasteiger partial charge is 0.225 e. The molecule has 3 rings (SSSR count). The van der Waals surface area contributed by atoms with Crippen molar-refractivity contribution in [2.24, 2.45) is 0 Å². The maximum atomic E-state index is 12.7. The van der Waals surface area contributed by atoms with E-state index < -0.39 is 4.32 Å². The lowest BCUT2D eigenvalue weighted by molar-refractivity contribution is 0.0869. The van der Waals surface area contributed by atoms with Gasteiger partial charge in [-0.2, -0.15) is 0 Å². The monoisotopic (exact) mass is 345 g/mol. The van der Waals surface area contributed by atoms with Gasteiger partial charge in [0.15, 0.2) is 15.9 Å². The fourth-order valence-corrected chi connectivity index (χ4v) is 2.99. The van der Waals surface area contributed by atoms with Gasteiger partial charge in [-0.25, -0.2) is 9.97 Å². The average molecular weight is 346 g/mol. The quantitative estimate of drug-likeness (QED) is 0.616. The number of hydrogen-bond acceptors (Lipinski definition) is 5. The fourth-order valence-electron chi connectivity index (χ4n) is 2.34. The molecule has 0 atom stereocenters. The zero-order valence-electron chi connectivity index (χ0n) is 11.5. The minimum atomic E-state index is -1.45. The highest BCUT2D eigenvalue weighted by molar-refractivity contribution is 9.10. The summed E-state index contributed by atoms with van der Waals surface area (Å²) in [5, 5.41) is 0. The second-order valence-corrected chi connectivity index (χ2v) is 6.19. The van der Waals surface area contributed by atoms with E-state index in [0.717, 1.165) is 0 Å². The Balaban J connectivity index is 2.17. The minimum absolute atomic E-state index is 0.286. The summed E-state index contributed by atoms with van der Waals surface area (Å²) in [4.78, 5) is 35.5. The first-order valence-corrected chi connectivity index (χ1v) is 7.14. The third kappa shape index (κ3) is 1.90. The number of hydrogen-bond donors (Lipinski definition) is 0. The molecule has 1 aromatic carbocycles. The highest BCUT2D eigenvalue weighted by Crippen LogP contribution is 2.43. The van der Waals surface area contributed by atoms with E-state index in [0.29, 0.717) is 22.8 Å². The first-order valence-electron chi connectivity index (χ1n) is 6.34. The van der Waals surface area contributed by atoms with Crippen LogP contribution in [0.3, 0.4) is 0 Å². The highest BCUT2D eigenvalue weighted by Gasteiger charge is 2.53. The first kappa shape index (κ1) is 13.9. The zero-order chi connectivity index (χ0) is 15.2. The topological polar surface area (TPSA) is 63.2 Å². The van der Waals surface area contributed by atoms with Gasteiger partial charge in [0.25, 0.3) is 0 Å². The molecule has 1 aliphatic rings. The molecule has 2 aromatic rings. The van der Waals surface area contributed by atoms with Crippen LogP contribution >= 0.6 is 15.9 Å². The number of nitrogens with zero attached hydrogens (tertiary/aromatic N) is 3. The number of carbonyl (C=O) groups is 2. The minimum Gasteiger partial charge on any atom is -0.347 e. The van der Waals surface area contributed by atoms with Crippen molar-refractivity contribution in [3.05, 3.63) is 53.3 Å². The summed E-state index contributed by atoms with van der Waals surface area (Å²) >= 11 is 3.34. The number of carbonyl (C=O) groups excluding carboxylic acids is 2. The van der Waals surface area contributed by atoms with Crippen LogP contribution in [0.25, 0.3) is 0 Å². The molecule has 0 spiro atoms. The molecule has 0 N–H and O–H groups in total. The van der Waals surface area contributed by atoms with E-state index in [-0.39, 0.29) is 11.6 Å². The summed E-state index contributed by atoms with van der Waals surface area (Å²) in [5.74, 6) is -0.124. The molecular weight excluding hydrogens is 334 g/mol. The van der Waals surface area contributed by atoms with Crippen LogP contribution in [0.1, 0.15) is 26.4 Å². The van der Waals surface area contributed by atoms with E-state index in [1.54, 1.807) is 55.5 Å². The normalized spacial score (nSPS) is 16.0. The molecule has 6 heteroatoms. The van der Waals surface area contributed by atoms with Crippen molar-refractivity contribution in [1.29, 1.82) is 0 Å². The predicted octanol–water partition coefficient (Wildman–Crippen LogP) is 2.21. The van der Waals surface area contributed by atoms with Crippen molar-refractivity contribution in [1.82, 2.24) is 9.97 Å². The molecule has 0 amide bonds. The van der Waals surface area contributed by atoms with Crippen LogP contribution in [0.5, 0.6) is 0 Å². The number of ketones is 2. The number of Topliss-reactive ketones (excluding diaryl/α,β-unsaturated/α-hetero) is 2. The zero-order valence-corrected chi connectivity index (χ0v) is 13.1.